The van der Waals surface area contributed by atoms with Crippen LogP contribution in [0.2, 0.25) is 5.02 Å². The molecule has 0 amide bonds. The molecule has 0 bridgehead atoms. The summed E-state index contributed by atoms with van der Waals surface area (Å²) in [6, 6.07) is 13.7. The van der Waals surface area contributed by atoms with Crippen molar-refractivity contribution in [3.8, 4) is 11.4 Å². The van der Waals surface area contributed by atoms with Gasteiger partial charge in [-0.25, -0.2) is 14.2 Å². The fourth-order valence-electron chi connectivity index (χ4n) is 3.07. The molecule has 0 saturated heterocycles. The number of halogens is 6. The van der Waals surface area contributed by atoms with Crippen LogP contribution in [-0.2, 0) is 6.18 Å². The van der Waals surface area contributed by atoms with E-state index in [1.165, 1.54) is 18.3 Å². The number of anilines is 3. The van der Waals surface area contributed by atoms with E-state index in [2.05, 4.69) is 30.8 Å². The van der Waals surface area contributed by atoms with Gasteiger partial charge < -0.3 is 5.32 Å². The van der Waals surface area contributed by atoms with E-state index < -0.39 is 23.4 Å². The van der Waals surface area contributed by atoms with Gasteiger partial charge in [0.15, 0.2) is 5.82 Å². The number of alkyl halides is 3. The largest absolute Gasteiger partial charge is 0.419 e. The zero-order chi connectivity index (χ0) is 25.9. The average Bonchev–Trinajstić information content (AvgIpc) is 2.81. The number of benzene rings is 3. The first-order valence-electron chi connectivity index (χ1n) is 10.3. The average molecular weight is 519 g/mol. The van der Waals surface area contributed by atoms with Crippen LogP contribution in [0.25, 0.3) is 11.4 Å². The normalized spacial score (nSPS) is 11.6. The number of rotatable bonds is 6. The molecule has 36 heavy (non-hydrogen) atoms. The summed E-state index contributed by atoms with van der Waals surface area (Å²) in [5.41, 5.74) is 2.64. The highest BCUT2D eigenvalue weighted by molar-refractivity contribution is 6.33. The highest BCUT2D eigenvalue weighted by Crippen LogP contribution is 2.34. The number of hydrogen-bond acceptors (Lipinski definition) is 6. The monoisotopic (exact) mass is 518 g/mol. The fraction of sp³-hybridized carbons (Fsp3) is 0.0833. The lowest BCUT2D eigenvalue weighted by molar-refractivity contribution is -0.139. The van der Waals surface area contributed by atoms with Crippen molar-refractivity contribution in [3.63, 3.8) is 0 Å². The molecule has 1 heterocycles. The molecule has 2 N–H and O–H groups in total. The van der Waals surface area contributed by atoms with E-state index >= 15 is 0 Å². The quantitative estimate of drug-likeness (QED) is 0.163. The number of aryl methyl sites for hydroxylation is 1. The molecule has 0 radical (unpaired) electrons. The van der Waals surface area contributed by atoms with Crippen LogP contribution in [0.15, 0.2) is 65.8 Å². The smallest absolute Gasteiger partial charge is 0.324 e. The zero-order valence-electron chi connectivity index (χ0n) is 18.4. The lowest BCUT2D eigenvalue weighted by Gasteiger charge is -2.12. The summed E-state index contributed by atoms with van der Waals surface area (Å²) in [5, 5.41) is 6.61. The first kappa shape index (κ1) is 25.0. The summed E-state index contributed by atoms with van der Waals surface area (Å²) in [6.07, 6.45) is -3.42. The van der Waals surface area contributed by atoms with Gasteiger partial charge in [-0.3, -0.25) is 0 Å². The topological polar surface area (TPSA) is 75.1 Å². The molecule has 184 valence electrons. The highest BCUT2D eigenvalue weighted by Gasteiger charge is 2.34. The summed E-state index contributed by atoms with van der Waals surface area (Å²) in [7, 11) is 0. The first-order valence-corrected chi connectivity index (χ1v) is 10.7. The summed E-state index contributed by atoms with van der Waals surface area (Å²) in [5.74, 6) is -2.78. The molecule has 12 heteroatoms. The molecule has 0 saturated carbocycles. The van der Waals surface area contributed by atoms with Crippen LogP contribution in [-0.4, -0.2) is 21.2 Å². The van der Waals surface area contributed by atoms with Crippen molar-refractivity contribution in [2.45, 2.75) is 13.1 Å². The van der Waals surface area contributed by atoms with Gasteiger partial charge in [0, 0.05) is 5.69 Å². The van der Waals surface area contributed by atoms with E-state index in [1.807, 2.05) is 31.2 Å². The Morgan fingerprint density at radius 2 is 1.61 bits per heavy atom. The van der Waals surface area contributed by atoms with Crippen molar-refractivity contribution in [3.05, 3.63) is 94.0 Å². The SMILES string of the molecule is Cc1ccc(C=NNc2nc(Nc3ccc(F)c(C(F)(F)F)c3)nc(-c3c(F)cccc3Cl)n2)cc1. The predicted octanol–water partition coefficient (Wildman–Crippen LogP) is 6.99. The molecular formula is C24H16ClF5N6. The Morgan fingerprint density at radius 3 is 2.31 bits per heavy atom. The van der Waals surface area contributed by atoms with Crippen LogP contribution < -0.4 is 10.7 Å². The minimum Gasteiger partial charge on any atom is -0.324 e. The van der Waals surface area contributed by atoms with Crippen molar-refractivity contribution in [2.75, 3.05) is 10.7 Å². The Labute approximate surface area is 206 Å². The molecule has 0 aliphatic heterocycles. The second kappa shape index (κ2) is 10.2. The minimum atomic E-state index is -4.91. The Hall–Kier alpha value is -4.12. The molecule has 4 aromatic rings. The molecule has 0 unspecified atom stereocenters. The zero-order valence-corrected chi connectivity index (χ0v) is 19.2. The van der Waals surface area contributed by atoms with Crippen LogP contribution in [0.4, 0.5) is 39.5 Å². The lowest BCUT2D eigenvalue weighted by atomic mass is 10.2. The number of nitrogens with zero attached hydrogens (tertiary/aromatic N) is 4. The Morgan fingerprint density at radius 1 is 0.889 bits per heavy atom. The highest BCUT2D eigenvalue weighted by atomic mass is 35.5. The number of nitrogens with one attached hydrogen (secondary N) is 2. The predicted molar refractivity (Wildman–Crippen MR) is 127 cm³/mol. The van der Waals surface area contributed by atoms with E-state index in [4.69, 9.17) is 11.6 Å². The lowest BCUT2D eigenvalue weighted by Crippen LogP contribution is -2.10. The molecule has 0 spiro atoms. The van der Waals surface area contributed by atoms with Gasteiger partial charge in [-0.05, 0) is 42.8 Å². The van der Waals surface area contributed by atoms with Crippen LogP contribution >= 0.6 is 11.6 Å². The van der Waals surface area contributed by atoms with Crippen molar-refractivity contribution in [1.29, 1.82) is 0 Å². The van der Waals surface area contributed by atoms with E-state index in [9.17, 15) is 22.0 Å². The van der Waals surface area contributed by atoms with Crippen molar-refractivity contribution in [2.24, 2.45) is 5.10 Å². The Kier molecular flexibility index (Phi) is 7.11. The third-order valence-electron chi connectivity index (χ3n) is 4.81. The second-order valence-electron chi connectivity index (χ2n) is 7.50. The summed E-state index contributed by atoms with van der Waals surface area (Å²) >= 11 is 6.14. The minimum absolute atomic E-state index is 0.00222. The van der Waals surface area contributed by atoms with Gasteiger partial charge in [0.2, 0.25) is 11.9 Å². The van der Waals surface area contributed by atoms with Gasteiger partial charge in [-0.1, -0.05) is 47.5 Å². The standard InChI is InChI=1S/C24H16ClF5N6/c1-13-5-7-14(8-6-13)12-31-36-23-34-21(20-17(25)3-2-4-19(20)27)33-22(35-23)32-15-9-10-18(26)16(11-15)24(28,29)30/h2-12H,1H3,(H2,32,33,34,35,36). The fourth-order valence-corrected chi connectivity index (χ4v) is 3.32. The molecule has 6 nitrogen and oxygen atoms in total. The van der Waals surface area contributed by atoms with Gasteiger partial charge in [-0.2, -0.15) is 33.2 Å². The van der Waals surface area contributed by atoms with Gasteiger partial charge in [0.1, 0.15) is 11.6 Å². The summed E-state index contributed by atoms with van der Waals surface area (Å²) in [6.45, 7) is 1.94. The first-order chi connectivity index (χ1) is 17.1. The van der Waals surface area contributed by atoms with Crippen molar-refractivity contribution < 1.29 is 22.0 Å². The van der Waals surface area contributed by atoms with E-state index in [0.29, 0.717) is 12.1 Å². The van der Waals surface area contributed by atoms with E-state index in [0.717, 1.165) is 23.3 Å². The van der Waals surface area contributed by atoms with Crippen molar-refractivity contribution in [1.82, 2.24) is 15.0 Å². The van der Waals surface area contributed by atoms with Gasteiger partial charge in [0.25, 0.3) is 0 Å². The third-order valence-corrected chi connectivity index (χ3v) is 5.12. The molecule has 0 aliphatic carbocycles. The maximum atomic E-state index is 14.5. The molecule has 4 rings (SSSR count). The van der Waals surface area contributed by atoms with E-state index in [1.54, 1.807) is 0 Å². The summed E-state index contributed by atoms with van der Waals surface area (Å²) < 4.78 is 67.6. The summed E-state index contributed by atoms with van der Waals surface area (Å²) in [4.78, 5) is 12.3. The Bertz CT molecular complexity index is 1400. The molecule has 0 fully saturated rings. The molecule has 0 aliphatic rings. The second-order valence-corrected chi connectivity index (χ2v) is 7.91. The molecule has 0 atom stereocenters. The maximum Gasteiger partial charge on any atom is 0.419 e. The number of hydrazone groups is 1. The number of hydrogen-bond donors (Lipinski definition) is 2. The number of aromatic nitrogens is 3. The Balaban J connectivity index is 1.71. The molecule has 1 aromatic heterocycles. The van der Waals surface area contributed by atoms with Gasteiger partial charge in [0.05, 0.1) is 22.4 Å². The van der Waals surface area contributed by atoms with Gasteiger partial charge in [-0.15, -0.1) is 0 Å². The molecular weight excluding hydrogens is 503 g/mol. The third kappa shape index (κ3) is 5.92. The maximum absolute atomic E-state index is 14.5. The van der Waals surface area contributed by atoms with Crippen LogP contribution in [0, 0.1) is 18.6 Å². The van der Waals surface area contributed by atoms with Crippen LogP contribution in [0.5, 0.6) is 0 Å². The van der Waals surface area contributed by atoms with Crippen LogP contribution in [0.3, 0.4) is 0 Å². The van der Waals surface area contributed by atoms with E-state index in [-0.39, 0.29) is 34.0 Å². The van der Waals surface area contributed by atoms with Crippen molar-refractivity contribution >= 4 is 35.4 Å². The van der Waals surface area contributed by atoms with Crippen LogP contribution in [0.1, 0.15) is 16.7 Å². The van der Waals surface area contributed by atoms with Gasteiger partial charge >= 0.3 is 6.18 Å². The molecule has 3 aromatic carbocycles.